The lowest BCUT2D eigenvalue weighted by Crippen LogP contribution is -2.13. The van der Waals surface area contributed by atoms with Crippen molar-refractivity contribution in [3.63, 3.8) is 0 Å². The van der Waals surface area contributed by atoms with E-state index in [4.69, 9.17) is 0 Å². The van der Waals surface area contributed by atoms with Crippen molar-refractivity contribution in [1.29, 1.82) is 0 Å². The van der Waals surface area contributed by atoms with Gasteiger partial charge in [-0.3, -0.25) is 4.79 Å². The summed E-state index contributed by atoms with van der Waals surface area (Å²) in [6, 6.07) is 19.6. The largest absolute Gasteiger partial charge is 0.304 e. The molecule has 0 bridgehead atoms. The predicted molar refractivity (Wildman–Crippen MR) is 104 cm³/mol. The van der Waals surface area contributed by atoms with Crippen molar-refractivity contribution in [2.75, 3.05) is 5.32 Å². The molecule has 26 heavy (non-hydrogen) atoms. The van der Waals surface area contributed by atoms with E-state index in [0.29, 0.717) is 11.5 Å². The van der Waals surface area contributed by atoms with Gasteiger partial charge in [-0.25, -0.2) is 9.67 Å². The Balaban J connectivity index is 1.49. The molecule has 128 valence electrons. The molecule has 4 rings (SSSR count). The molecule has 6 heteroatoms. The number of anilines is 1. The summed E-state index contributed by atoms with van der Waals surface area (Å²) in [6.07, 6.45) is 1.81. The summed E-state index contributed by atoms with van der Waals surface area (Å²) in [5, 5.41) is 9.76. The Hall–Kier alpha value is -3.25. The number of amides is 1. The van der Waals surface area contributed by atoms with E-state index >= 15 is 0 Å². The minimum atomic E-state index is -0.266. The van der Waals surface area contributed by atoms with Crippen molar-refractivity contribution >= 4 is 23.1 Å². The first kappa shape index (κ1) is 16.2. The average Bonchev–Trinajstić information content (AvgIpc) is 3.33. The number of hydrogen-bond donors (Lipinski definition) is 1. The molecule has 1 amide bonds. The average molecular weight is 360 g/mol. The van der Waals surface area contributed by atoms with Gasteiger partial charge in [-0.15, -0.1) is 11.3 Å². The lowest BCUT2D eigenvalue weighted by Gasteiger charge is -2.01. The predicted octanol–water partition coefficient (Wildman–Crippen LogP) is 4.56. The number of benzene rings is 2. The van der Waals surface area contributed by atoms with Gasteiger partial charge in [-0.2, -0.15) is 5.10 Å². The Morgan fingerprint density at radius 2 is 1.81 bits per heavy atom. The van der Waals surface area contributed by atoms with Crippen LogP contribution in [0.15, 0.2) is 72.2 Å². The molecule has 2 aromatic heterocycles. The lowest BCUT2D eigenvalue weighted by atomic mass is 10.2. The van der Waals surface area contributed by atoms with Gasteiger partial charge in [0, 0.05) is 23.2 Å². The second-order valence-electron chi connectivity index (χ2n) is 5.84. The van der Waals surface area contributed by atoms with Gasteiger partial charge in [-0.1, -0.05) is 48.0 Å². The molecule has 0 aliphatic carbocycles. The lowest BCUT2D eigenvalue weighted by molar-refractivity contribution is 0.102. The van der Waals surface area contributed by atoms with Crippen molar-refractivity contribution in [2.24, 2.45) is 0 Å². The summed E-state index contributed by atoms with van der Waals surface area (Å²) in [7, 11) is 0. The van der Waals surface area contributed by atoms with E-state index in [1.165, 1.54) is 16.9 Å². The number of carbonyl (C=O) groups excluding carboxylic acids is 1. The van der Waals surface area contributed by atoms with Crippen LogP contribution in [0.3, 0.4) is 0 Å². The van der Waals surface area contributed by atoms with Crippen LogP contribution in [0.1, 0.15) is 16.1 Å². The molecule has 0 aliphatic rings. The summed E-state index contributed by atoms with van der Waals surface area (Å²) in [6.45, 7) is 2.04. The normalized spacial score (nSPS) is 10.7. The molecule has 0 spiro atoms. The number of thiazole rings is 1. The highest BCUT2D eigenvalue weighted by atomic mass is 32.1. The first-order valence-electron chi connectivity index (χ1n) is 8.14. The third-order valence-electron chi connectivity index (χ3n) is 3.89. The molecule has 1 N–H and O–H groups in total. The van der Waals surface area contributed by atoms with Crippen LogP contribution in [0.25, 0.3) is 16.3 Å². The number of rotatable bonds is 4. The zero-order valence-electron chi connectivity index (χ0n) is 14.1. The highest BCUT2D eigenvalue weighted by molar-refractivity contribution is 7.13. The van der Waals surface area contributed by atoms with Gasteiger partial charge in [0.25, 0.3) is 5.91 Å². The third-order valence-corrected chi connectivity index (χ3v) is 4.78. The maximum absolute atomic E-state index is 12.4. The molecule has 0 radical (unpaired) electrons. The van der Waals surface area contributed by atoms with E-state index in [-0.39, 0.29) is 5.91 Å². The van der Waals surface area contributed by atoms with Crippen molar-refractivity contribution < 1.29 is 4.79 Å². The molecule has 5 nitrogen and oxygen atoms in total. The monoisotopic (exact) mass is 360 g/mol. The molecule has 0 fully saturated rings. The minimum Gasteiger partial charge on any atom is -0.304 e. The first-order chi connectivity index (χ1) is 12.7. The number of para-hydroxylation sites is 1. The van der Waals surface area contributed by atoms with E-state index in [2.05, 4.69) is 15.4 Å². The smallest absolute Gasteiger partial charge is 0.276 e. The van der Waals surface area contributed by atoms with Crippen LogP contribution in [0.4, 0.5) is 5.82 Å². The summed E-state index contributed by atoms with van der Waals surface area (Å²) in [4.78, 5) is 16.9. The highest BCUT2D eigenvalue weighted by Crippen LogP contribution is 2.24. The molecule has 2 aromatic carbocycles. The molecule has 0 saturated heterocycles. The summed E-state index contributed by atoms with van der Waals surface area (Å²) in [5.41, 5.74) is 3.52. The highest BCUT2D eigenvalue weighted by Gasteiger charge is 2.13. The Morgan fingerprint density at radius 3 is 2.58 bits per heavy atom. The zero-order valence-corrected chi connectivity index (χ0v) is 14.9. The van der Waals surface area contributed by atoms with E-state index in [0.717, 1.165) is 16.3 Å². The van der Waals surface area contributed by atoms with Gasteiger partial charge in [0.2, 0.25) is 0 Å². The maximum Gasteiger partial charge on any atom is 0.276 e. The van der Waals surface area contributed by atoms with Gasteiger partial charge in [0.05, 0.1) is 5.69 Å². The van der Waals surface area contributed by atoms with E-state index in [9.17, 15) is 4.79 Å². The van der Waals surface area contributed by atoms with Crippen molar-refractivity contribution in [2.45, 2.75) is 6.92 Å². The first-order valence-corrected chi connectivity index (χ1v) is 9.02. The van der Waals surface area contributed by atoms with Crippen LogP contribution in [0, 0.1) is 6.92 Å². The molecule has 0 atom stereocenters. The van der Waals surface area contributed by atoms with Crippen molar-refractivity contribution in [3.8, 4) is 16.3 Å². The number of aromatic nitrogens is 3. The molecule has 4 aromatic rings. The SMILES string of the molecule is Cc1ccc(-c2nc(C(=O)Nc3ccn(-c4ccccc4)n3)cs2)cc1. The number of carbonyl (C=O) groups is 1. The Morgan fingerprint density at radius 1 is 1.04 bits per heavy atom. The van der Waals surface area contributed by atoms with E-state index in [1.54, 1.807) is 16.1 Å². The van der Waals surface area contributed by atoms with E-state index in [1.807, 2.05) is 67.7 Å². The zero-order chi connectivity index (χ0) is 17.9. The fourth-order valence-electron chi connectivity index (χ4n) is 2.50. The Labute approximate surface area is 155 Å². The standard InChI is InChI=1S/C20H16N4OS/c1-14-7-9-15(10-8-14)20-21-17(13-26-20)19(25)22-18-11-12-24(23-18)16-5-3-2-4-6-16/h2-13H,1H3,(H,22,23,25). The second-order valence-corrected chi connectivity index (χ2v) is 6.70. The number of nitrogens with zero attached hydrogens (tertiary/aromatic N) is 3. The minimum absolute atomic E-state index is 0.266. The summed E-state index contributed by atoms with van der Waals surface area (Å²) >= 11 is 1.45. The molecular weight excluding hydrogens is 344 g/mol. The molecule has 0 saturated carbocycles. The maximum atomic E-state index is 12.4. The number of nitrogens with one attached hydrogen (secondary N) is 1. The number of hydrogen-bond acceptors (Lipinski definition) is 4. The topological polar surface area (TPSA) is 59.8 Å². The van der Waals surface area contributed by atoms with E-state index < -0.39 is 0 Å². The van der Waals surface area contributed by atoms with Crippen LogP contribution in [0.5, 0.6) is 0 Å². The summed E-state index contributed by atoms with van der Waals surface area (Å²) in [5.74, 6) is 0.224. The quantitative estimate of drug-likeness (QED) is 0.580. The van der Waals surface area contributed by atoms with Gasteiger partial charge >= 0.3 is 0 Å². The van der Waals surface area contributed by atoms with Gasteiger partial charge in [0.15, 0.2) is 5.82 Å². The van der Waals surface area contributed by atoms with Crippen LogP contribution in [-0.4, -0.2) is 20.7 Å². The third kappa shape index (κ3) is 3.41. The van der Waals surface area contributed by atoms with Crippen molar-refractivity contribution in [1.82, 2.24) is 14.8 Å². The van der Waals surface area contributed by atoms with Crippen molar-refractivity contribution in [3.05, 3.63) is 83.5 Å². The fraction of sp³-hybridized carbons (Fsp3) is 0.0500. The van der Waals surface area contributed by atoms with Gasteiger partial charge < -0.3 is 5.32 Å². The number of aryl methyl sites for hydroxylation is 1. The Kier molecular flexibility index (Phi) is 4.33. The molecular formula is C20H16N4OS. The molecule has 2 heterocycles. The molecule has 0 unspecified atom stereocenters. The molecule has 0 aliphatic heterocycles. The van der Waals surface area contributed by atoms with Crippen LogP contribution >= 0.6 is 11.3 Å². The van der Waals surface area contributed by atoms with Gasteiger partial charge in [-0.05, 0) is 19.1 Å². The fourth-order valence-corrected chi connectivity index (χ4v) is 3.31. The second kappa shape index (κ2) is 6.93. The van der Waals surface area contributed by atoms with Gasteiger partial charge in [0.1, 0.15) is 10.7 Å². The van der Waals surface area contributed by atoms with Crippen LogP contribution in [0.2, 0.25) is 0 Å². The Bertz CT molecular complexity index is 1040. The van der Waals surface area contributed by atoms with Crippen LogP contribution < -0.4 is 5.32 Å². The summed E-state index contributed by atoms with van der Waals surface area (Å²) < 4.78 is 1.72. The van der Waals surface area contributed by atoms with Crippen LogP contribution in [-0.2, 0) is 0 Å².